The molecule has 1 aromatic carbocycles. The van der Waals surface area contributed by atoms with Crippen LogP contribution in [0.4, 0.5) is 10.1 Å². The van der Waals surface area contributed by atoms with E-state index in [2.05, 4.69) is 4.90 Å². The molecular weight excluding hydrogens is 211 g/mol. The summed E-state index contributed by atoms with van der Waals surface area (Å²) in [6.07, 6.45) is 0. The van der Waals surface area contributed by atoms with Gasteiger partial charge in [-0.15, -0.1) is 0 Å². The van der Waals surface area contributed by atoms with Gasteiger partial charge < -0.3 is 10.6 Å². The molecular formula is C11H17FN2S. The molecule has 0 aliphatic rings. The maximum atomic E-state index is 13.4. The highest BCUT2D eigenvalue weighted by atomic mass is 32.2. The summed E-state index contributed by atoms with van der Waals surface area (Å²) >= 11 is 1.72. The molecule has 0 radical (unpaired) electrons. The highest BCUT2D eigenvalue weighted by Gasteiger charge is 2.04. The SMILES string of the molecule is CN(C)CCSCc1cccc(N)c1F. The molecule has 0 aliphatic carbocycles. The van der Waals surface area contributed by atoms with Crippen LogP contribution in [0, 0.1) is 5.82 Å². The van der Waals surface area contributed by atoms with Gasteiger partial charge in [-0.2, -0.15) is 11.8 Å². The molecule has 0 saturated carbocycles. The van der Waals surface area contributed by atoms with Gasteiger partial charge in [0.1, 0.15) is 5.82 Å². The Morgan fingerprint density at radius 1 is 1.40 bits per heavy atom. The van der Waals surface area contributed by atoms with Crippen molar-refractivity contribution in [3.8, 4) is 0 Å². The highest BCUT2D eigenvalue weighted by Crippen LogP contribution is 2.19. The number of anilines is 1. The lowest BCUT2D eigenvalue weighted by atomic mass is 10.2. The van der Waals surface area contributed by atoms with E-state index in [1.54, 1.807) is 30.0 Å². The van der Waals surface area contributed by atoms with Gasteiger partial charge in [0.05, 0.1) is 5.69 Å². The molecule has 1 rings (SSSR count). The van der Waals surface area contributed by atoms with Gasteiger partial charge in [0.25, 0.3) is 0 Å². The second-order valence-electron chi connectivity index (χ2n) is 3.68. The summed E-state index contributed by atoms with van der Waals surface area (Å²) in [5.74, 6) is 1.42. The van der Waals surface area contributed by atoms with Crippen molar-refractivity contribution in [3.63, 3.8) is 0 Å². The largest absolute Gasteiger partial charge is 0.396 e. The minimum atomic E-state index is -0.269. The van der Waals surface area contributed by atoms with Crippen LogP contribution < -0.4 is 5.73 Å². The number of hydrogen-bond donors (Lipinski definition) is 1. The summed E-state index contributed by atoms with van der Waals surface area (Å²) in [7, 11) is 4.06. The molecule has 15 heavy (non-hydrogen) atoms. The predicted molar refractivity (Wildman–Crippen MR) is 65.5 cm³/mol. The first-order valence-corrected chi connectivity index (χ1v) is 6.02. The standard InChI is InChI=1S/C11H17FN2S/c1-14(2)6-7-15-8-9-4-3-5-10(13)11(9)12/h3-5H,6-8,13H2,1-2H3. The van der Waals surface area contributed by atoms with Crippen LogP contribution >= 0.6 is 11.8 Å². The average molecular weight is 228 g/mol. The van der Waals surface area contributed by atoms with E-state index >= 15 is 0 Å². The van der Waals surface area contributed by atoms with E-state index in [1.807, 2.05) is 14.1 Å². The normalized spacial score (nSPS) is 10.9. The average Bonchev–Trinajstić information content (AvgIpc) is 2.18. The van der Waals surface area contributed by atoms with Gasteiger partial charge in [0, 0.05) is 18.1 Å². The van der Waals surface area contributed by atoms with Gasteiger partial charge in [0.15, 0.2) is 0 Å². The van der Waals surface area contributed by atoms with Crippen molar-refractivity contribution in [1.82, 2.24) is 4.90 Å². The molecule has 84 valence electrons. The molecule has 0 aliphatic heterocycles. The summed E-state index contributed by atoms with van der Waals surface area (Å²) in [5.41, 5.74) is 6.41. The van der Waals surface area contributed by atoms with E-state index in [0.717, 1.165) is 12.3 Å². The van der Waals surface area contributed by atoms with Crippen molar-refractivity contribution in [3.05, 3.63) is 29.6 Å². The van der Waals surface area contributed by atoms with Crippen LogP contribution in [0.5, 0.6) is 0 Å². The predicted octanol–water partition coefficient (Wildman–Crippen LogP) is 2.20. The van der Waals surface area contributed by atoms with Gasteiger partial charge in [-0.1, -0.05) is 12.1 Å². The molecule has 0 saturated heterocycles. The molecule has 0 fully saturated rings. The zero-order valence-corrected chi connectivity index (χ0v) is 9.98. The third-order valence-corrected chi connectivity index (χ3v) is 3.04. The number of hydrogen-bond acceptors (Lipinski definition) is 3. The number of rotatable bonds is 5. The van der Waals surface area contributed by atoms with Gasteiger partial charge in [0.2, 0.25) is 0 Å². The molecule has 0 spiro atoms. The van der Waals surface area contributed by atoms with Crippen LogP contribution in [-0.2, 0) is 5.75 Å². The minimum absolute atomic E-state index is 0.237. The van der Waals surface area contributed by atoms with Crippen LogP contribution in [0.25, 0.3) is 0 Å². The summed E-state index contributed by atoms with van der Waals surface area (Å²) in [6.45, 7) is 1.01. The van der Waals surface area contributed by atoms with Gasteiger partial charge in [-0.05, 0) is 25.7 Å². The third-order valence-electron chi connectivity index (χ3n) is 2.05. The lowest BCUT2D eigenvalue weighted by Crippen LogP contribution is -2.14. The fraction of sp³-hybridized carbons (Fsp3) is 0.455. The first-order chi connectivity index (χ1) is 7.11. The molecule has 0 amide bonds. The Morgan fingerprint density at radius 3 is 2.80 bits per heavy atom. The number of benzene rings is 1. The molecule has 2 nitrogen and oxygen atoms in total. The van der Waals surface area contributed by atoms with Crippen molar-refractivity contribution in [1.29, 1.82) is 0 Å². The molecule has 4 heteroatoms. The van der Waals surface area contributed by atoms with Crippen molar-refractivity contribution in [2.24, 2.45) is 0 Å². The van der Waals surface area contributed by atoms with Gasteiger partial charge in [-0.25, -0.2) is 4.39 Å². The molecule has 1 aromatic rings. The number of nitrogen functional groups attached to an aromatic ring is 1. The summed E-state index contributed by atoms with van der Waals surface area (Å²) in [5, 5.41) is 0. The van der Waals surface area contributed by atoms with Crippen LogP contribution in [-0.4, -0.2) is 31.3 Å². The number of thioether (sulfide) groups is 1. The van der Waals surface area contributed by atoms with E-state index < -0.39 is 0 Å². The lowest BCUT2D eigenvalue weighted by molar-refractivity contribution is 0.437. The molecule has 0 heterocycles. The van der Waals surface area contributed by atoms with E-state index in [9.17, 15) is 4.39 Å². The Morgan fingerprint density at radius 2 is 2.13 bits per heavy atom. The van der Waals surface area contributed by atoms with Crippen LogP contribution in [0.1, 0.15) is 5.56 Å². The Balaban J connectivity index is 2.41. The first kappa shape index (κ1) is 12.3. The fourth-order valence-corrected chi connectivity index (χ4v) is 2.22. The van der Waals surface area contributed by atoms with Crippen molar-refractivity contribution in [2.45, 2.75) is 5.75 Å². The van der Waals surface area contributed by atoms with Crippen LogP contribution in [0.2, 0.25) is 0 Å². The zero-order valence-electron chi connectivity index (χ0n) is 9.16. The van der Waals surface area contributed by atoms with Gasteiger partial charge in [-0.3, -0.25) is 0 Å². The van der Waals surface area contributed by atoms with Crippen LogP contribution in [0.3, 0.4) is 0 Å². The van der Waals surface area contributed by atoms with E-state index in [0.29, 0.717) is 11.3 Å². The zero-order chi connectivity index (χ0) is 11.3. The summed E-state index contributed by atoms with van der Waals surface area (Å²) < 4.78 is 13.4. The lowest BCUT2D eigenvalue weighted by Gasteiger charge is -2.09. The van der Waals surface area contributed by atoms with E-state index in [1.165, 1.54) is 0 Å². The smallest absolute Gasteiger partial charge is 0.150 e. The second kappa shape index (κ2) is 5.98. The molecule has 0 atom stereocenters. The monoisotopic (exact) mass is 228 g/mol. The first-order valence-electron chi connectivity index (χ1n) is 4.86. The van der Waals surface area contributed by atoms with Crippen molar-refractivity contribution < 1.29 is 4.39 Å². The van der Waals surface area contributed by atoms with Gasteiger partial charge >= 0.3 is 0 Å². The number of halogens is 1. The maximum absolute atomic E-state index is 13.4. The molecule has 2 N–H and O–H groups in total. The molecule has 0 bridgehead atoms. The molecule has 0 unspecified atom stereocenters. The van der Waals surface area contributed by atoms with Crippen molar-refractivity contribution >= 4 is 17.4 Å². The van der Waals surface area contributed by atoms with Crippen molar-refractivity contribution in [2.75, 3.05) is 32.1 Å². The number of nitrogens with zero attached hydrogens (tertiary/aromatic N) is 1. The molecule has 0 aromatic heterocycles. The van der Waals surface area contributed by atoms with Crippen LogP contribution in [0.15, 0.2) is 18.2 Å². The maximum Gasteiger partial charge on any atom is 0.150 e. The summed E-state index contributed by atoms with van der Waals surface area (Å²) in [6, 6.07) is 5.16. The Hall–Kier alpha value is -0.740. The Kier molecular flexibility index (Phi) is 4.91. The Bertz CT molecular complexity index is 315. The third kappa shape index (κ3) is 4.10. The minimum Gasteiger partial charge on any atom is -0.396 e. The van der Waals surface area contributed by atoms with E-state index in [4.69, 9.17) is 5.73 Å². The summed E-state index contributed by atoms with van der Waals surface area (Å²) in [4.78, 5) is 2.11. The highest BCUT2D eigenvalue weighted by molar-refractivity contribution is 7.98. The van der Waals surface area contributed by atoms with E-state index in [-0.39, 0.29) is 11.5 Å². The quantitative estimate of drug-likeness (QED) is 0.619. The fourth-order valence-electron chi connectivity index (χ4n) is 1.14. The number of nitrogens with two attached hydrogens (primary N) is 1. The topological polar surface area (TPSA) is 29.3 Å². The second-order valence-corrected chi connectivity index (χ2v) is 4.78. The Labute approximate surface area is 94.6 Å².